The zero-order chi connectivity index (χ0) is 18.0. The molecular weight excluding hydrogens is 396 g/mol. The van der Waals surface area contributed by atoms with Crippen LogP contribution in [0.25, 0.3) is 0 Å². The Bertz CT molecular complexity index is 723. The Morgan fingerprint density at radius 3 is 2.75 bits per heavy atom. The van der Waals surface area contributed by atoms with Gasteiger partial charge >= 0.3 is 0 Å². The predicted octanol–water partition coefficient (Wildman–Crippen LogP) is 1.58. The predicted molar refractivity (Wildman–Crippen MR) is 96.8 cm³/mol. The van der Waals surface area contributed by atoms with Crippen LogP contribution in [0, 0.1) is 0 Å². The smallest absolute Gasteiger partial charge is 0.234 e. The van der Waals surface area contributed by atoms with E-state index in [4.69, 9.17) is 4.74 Å². The highest BCUT2D eigenvalue weighted by atomic mass is 79.9. The third kappa shape index (κ3) is 5.19. The van der Waals surface area contributed by atoms with Gasteiger partial charge in [0.1, 0.15) is 5.75 Å². The van der Waals surface area contributed by atoms with E-state index in [0.717, 1.165) is 15.8 Å². The lowest BCUT2D eigenvalue weighted by molar-refractivity contribution is -0.123. The highest BCUT2D eigenvalue weighted by Gasteiger charge is 2.39. The van der Waals surface area contributed by atoms with E-state index in [1.165, 1.54) is 0 Å². The van der Waals surface area contributed by atoms with Crippen LogP contribution in [-0.4, -0.2) is 57.0 Å². The number of benzene rings is 1. The van der Waals surface area contributed by atoms with E-state index in [1.807, 2.05) is 30.1 Å². The van der Waals surface area contributed by atoms with Gasteiger partial charge in [-0.2, -0.15) is 0 Å². The van der Waals surface area contributed by atoms with Gasteiger partial charge in [0, 0.05) is 16.6 Å². The molecule has 1 aromatic carbocycles. The van der Waals surface area contributed by atoms with Gasteiger partial charge in [-0.15, -0.1) is 0 Å². The molecule has 1 saturated heterocycles. The van der Waals surface area contributed by atoms with Crippen LogP contribution in [0.5, 0.6) is 5.75 Å². The number of nitrogens with zero attached hydrogens (tertiary/aromatic N) is 1. The Kier molecular flexibility index (Phi) is 5.93. The summed E-state index contributed by atoms with van der Waals surface area (Å²) in [5.74, 6) is 0.731. The zero-order valence-electron chi connectivity index (χ0n) is 14.1. The summed E-state index contributed by atoms with van der Waals surface area (Å²) in [7, 11) is 0.412. The number of ether oxygens (including phenoxy) is 1. The van der Waals surface area contributed by atoms with Gasteiger partial charge in [-0.1, -0.05) is 15.9 Å². The average molecular weight is 419 g/mol. The molecule has 1 heterocycles. The van der Waals surface area contributed by atoms with Crippen molar-refractivity contribution in [3.05, 3.63) is 28.2 Å². The van der Waals surface area contributed by atoms with Gasteiger partial charge < -0.3 is 10.1 Å². The van der Waals surface area contributed by atoms with Crippen molar-refractivity contribution < 1.29 is 17.9 Å². The van der Waals surface area contributed by atoms with Crippen molar-refractivity contribution in [1.82, 2.24) is 10.2 Å². The van der Waals surface area contributed by atoms with E-state index in [2.05, 4.69) is 21.2 Å². The number of hydrogen-bond acceptors (Lipinski definition) is 5. The monoisotopic (exact) mass is 418 g/mol. The maximum Gasteiger partial charge on any atom is 0.234 e. The van der Waals surface area contributed by atoms with Gasteiger partial charge in [0.2, 0.25) is 5.91 Å². The van der Waals surface area contributed by atoms with Gasteiger partial charge in [-0.25, -0.2) is 8.42 Å². The standard InChI is InChI=1S/C16H23BrN2O4S/c1-16(6-7-24(21,22)11-16)18-15(20)10-19(2)9-12-8-13(17)4-5-14(12)23-3/h4-5,8H,6-7,9-11H2,1-3H3,(H,18,20)/t16-/m0/s1. The van der Waals surface area contributed by atoms with Crippen LogP contribution >= 0.6 is 15.9 Å². The van der Waals surface area contributed by atoms with Crippen molar-refractivity contribution >= 4 is 31.7 Å². The molecule has 24 heavy (non-hydrogen) atoms. The Labute approximate surface area is 151 Å². The number of methoxy groups -OCH3 is 1. The number of hydrogen-bond donors (Lipinski definition) is 1. The molecule has 0 unspecified atom stereocenters. The second-order valence-corrected chi connectivity index (χ2v) is 9.68. The zero-order valence-corrected chi connectivity index (χ0v) is 16.5. The number of carbonyl (C=O) groups excluding carboxylic acids is 1. The van der Waals surface area contributed by atoms with Crippen molar-refractivity contribution in [2.75, 3.05) is 32.2 Å². The molecule has 1 atom stereocenters. The molecule has 1 N–H and O–H groups in total. The normalized spacial score (nSPS) is 22.5. The minimum absolute atomic E-state index is 0.00884. The summed E-state index contributed by atoms with van der Waals surface area (Å²) in [4.78, 5) is 14.1. The number of halogens is 1. The van der Waals surface area contributed by atoms with Gasteiger partial charge in [0.05, 0.1) is 30.7 Å². The second kappa shape index (κ2) is 7.41. The molecule has 1 aliphatic heterocycles. The average Bonchev–Trinajstić information content (AvgIpc) is 2.72. The number of rotatable bonds is 6. The Morgan fingerprint density at radius 1 is 1.46 bits per heavy atom. The van der Waals surface area contributed by atoms with E-state index in [-0.39, 0.29) is 24.0 Å². The van der Waals surface area contributed by atoms with Crippen LogP contribution in [-0.2, 0) is 21.2 Å². The molecule has 1 aliphatic rings. The molecule has 8 heteroatoms. The molecule has 2 rings (SSSR count). The highest BCUT2D eigenvalue weighted by Crippen LogP contribution is 2.24. The first-order valence-corrected chi connectivity index (χ1v) is 10.3. The summed E-state index contributed by atoms with van der Waals surface area (Å²) in [5, 5.41) is 2.87. The summed E-state index contributed by atoms with van der Waals surface area (Å²) in [6.45, 7) is 2.52. The molecule has 6 nitrogen and oxygen atoms in total. The fourth-order valence-electron chi connectivity index (χ4n) is 2.95. The van der Waals surface area contributed by atoms with Crippen molar-refractivity contribution in [3.63, 3.8) is 0 Å². The summed E-state index contributed by atoms with van der Waals surface area (Å²) < 4.78 is 29.5. The third-order valence-electron chi connectivity index (χ3n) is 4.04. The molecule has 1 amide bonds. The fraction of sp³-hybridized carbons (Fsp3) is 0.562. The van der Waals surface area contributed by atoms with Crippen LogP contribution in [0.3, 0.4) is 0 Å². The summed E-state index contributed by atoms with van der Waals surface area (Å²) in [5.41, 5.74) is 0.307. The largest absolute Gasteiger partial charge is 0.496 e. The molecule has 0 spiro atoms. The highest BCUT2D eigenvalue weighted by molar-refractivity contribution is 9.10. The Morgan fingerprint density at radius 2 is 2.17 bits per heavy atom. The minimum Gasteiger partial charge on any atom is -0.496 e. The third-order valence-corrected chi connectivity index (χ3v) is 6.44. The maximum atomic E-state index is 12.2. The van der Waals surface area contributed by atoms with E-state index in [9.17, 15) is 13.2 Å². The molecule has 0 saturated carbocycles. The molecule has 1 fully saturated rings. The first-order chi connectivity index (χ1) is 11.1. The molecular formula is C16H23BrN2O4S. The quantitative estimate of drug-likeness (QED) is 0.758. The summed E-state index contributed by atoms with van der Waals surface area (Å²) in [6, 6.07) is 5.73. The van der Waals surface area contributed by atoms with Crippen LogP contribution in [0.1, 0.15) is 18.9 Å². The minimum atomic E-state index is -3.04. The summed E-state index contributed by atoms with van der Waals surface area (Å²) in [6.07, 6.45) is 0.463. The lowest BCUT2D eigenvalue weighted by Crippen LogP contribution is -2.49. The number of amides is 1. The number of likely N-dealkylation sites (N-methyl/N-ethyl adjacent to an activating group) is 1. The van der Waals surface area contributed by atoms with Gasteiger partial charge in [0.25, 0.3) is 0 Å². The molecule has 0 bridgehead atoms. The number of sulfone groups is 1. The lowest BCUT2D eigenvalue weighted by Gasteiger charge is -2.26. The van der Waals surface area contributed by atoms with Crippen LogP contribution < -0.4 is 10.1 Å². The Hall–Kier alpha value is -1.12. The van der Waals surface area contributed by atoms with Crippen molar-refractivity contribution in [2.24, 2.45) is 0 Å². The summed E-state index contributed by atoms with van der Waals surface area (Å²) >= 11 is 3.43. The topological polar surface area (TPSA) is 75.7 Å². The second-order valence-electron chi connectivity index (χ2n) is 6.58. The maximum absolute atomic E-state index is 12.2. The fourth-order valence-corrected chi connectivity index (χ4v) is 5.45. The van der Waals surface area contributed by atoms with Gasteiger partial charge in [-0.3, -0.25) is 9.69 Å². The van der Waals surface area contributed by atoms with Gasteiger partial charge in [0.15, 0.2) is 9.84 Å². The van der Waals surface area contributed by atoms with Crippen LogP contribution in [0.4, 0.5) is 0 Å². The van der Waals surface area contributed by atoms with Crippen LogP contribution in [0.15, 0.2) is 22.7 Å². The molecule has 0 aliphatic carbocycles. The SMILES string of the molecule is COc1ccc(Br)cc1CN(C)CC(=O)N[C@@]1(C)CCS(=O)(=O)C1. The molecule has 0 radical (unpaired) electrons. The van der Waals surface area contributed by atoms with Crippen molar-refractivity contribution in [1.29, 1.82) is 0 Å². The molecule has 134 valence electrons. The Balaban J connectivity index is 1.94. The number of nitrogens with one attached hydrogen (secondary N) is 1. The first-order valence-electron chi connectivity index (χ1n) is 7.65. The molecule has 0 aromatic heterocycles. The van der Waals surface area contributed by atoms with E-state index in [1.54, 1.807) is 14.0 Å². The lowest BCUT2D eigenvalue weighted by atomic mass is 10.0. The van der Waals surface area contributed by atoms with Crippen molar-refractivity contribution in [3.8, 4) is 5.75 Å². The van der Waals surface area contributed by atoms with Gasteiger partial charge in [-0.05, 0) is 38.6 Å². The van der Waals surface area contributed by atoms with Crippen molar-refractivity contribution in [2.45, 2.75) is 25.4 Å². The number of carbonyl (C=O) groups is 1. The van der Waals surface area contributed by atoms with E-state index in [0.29, 0.717) is 13.0 Å². The first kappa shape index (κ1) is 19.2. The van der Waals surface area contributed by atoms with Crippen LogP contribution in [0.2, 0.25) is 0 Å². The van der Waals surface area contributed by atoms with E-state index >= 15 is 0 Å². The van der Waals surface area contributed by atoms with E-state index < -0.39 is 15.4 Å². The molecule has 1 aromatic rings.